The molecule has 0 aliphatic heterocycles. The van der Waals surface area contributed by atoms with Crippen LogP contribution in [-0.4, -0.2) is 11.2 Å². The molecule has 0 saturated heterocycles. The van der Waals surface area contributed by atoms with Crippen LogP contribution >= 0.6 is 11.1 Å². The van der Waals surface area contributed by atoms with Crippen LogP contribution in [0, 0.1) is 0 Å². The van der Waals surface area contributed by atoms with Crippen molar-refractivity contribution in [3.63, 3.8) is 0 Å². The van der Waals surface area contributed by atoms with E-state index < -0.39 is 11.1 Å². The molecule has 3 nitrogen and oxygen atoms in total. The van der Waals surface area contributed by atoms with Gasteiger partial charge >= 0.3 is 0 Å². The topological polar surface area (TPSA) is 60.2 Å². The molecule has 36 valence electrons. The molecular formula is C2H5NO2S. The van der Waals surface area contributed by atoms with Gasteiger partial charge in [0.25, 0.3) is 0 Å². The highest BCUT2D eigenvalue weighted by Gasteiger charge is 1.82. The number of nitrogens with two attached hydrogens (primary N) is 1. The van der Waals surface area contributed by atoms with Crippen molar-refractivity contribution in [3.05, 3.63) is 0 Å². The maximum atomic E-state index is 9.41. The van der Waals surface area contributed by atoms with Crippen molar-refractivity contribution in [2.45, 2.75) is 0 Å². The number of hydrogen-bond donors (Lipinski definition) is 2. The molecule has 0 aliphatic carbocycles. The summed E-state index contributed by atoms with van der Waals surface area (Å²) in [5, 5.41) is 4.80. The molecule has 0 atom stereocenters. The van der Waals surface area contributed by atoms with Crippen molar-refractivity contribution in [1.29, 1.82) is 0 Å². The normalized spacial score (nSPS) is 9.83. The van der Waals surface area contributed by atoms with Gasteiger partial charge in [0.15, 0.2) is 11.2 Å². The van der Waals surface area contributed by atoms with Crippen LogP contribution in [0.2, 0.25) is 0 Å². The highest BCUT2D eigenvalue weighted by molar-refractivity contribution is 8.36. The number of thiol groups is 1. The van der Waals surface area contributed by atoms with E-state index in [1.165, 1.54) is 0 Å². The summed E-state index contributed by atoms with van der Waals surface area (Å²) in [4.78, 5) is 18.8. The number of hydrogen-bond acceptors (Lipinski definition) is 3. The van der Waals surface area contributed by atoms with E-state index in [9.17, 15) is 9.59 Å². The smallest absolute Gasteiger partial charge is 0.174 e. The summed E-state index contributed by atoms with van der Waals surface area (Å²) in [5.41, 5.74) is 0.894. The van der Waals surface area contributed by atoms with Crippen LogP contribution in [0.4, 0.5) is 0 Å². The number of carbonyl (C=O) groups excluding carboxylic acids is 2. The van der Waals surface area contributed by atoms with Gasteiger partial charge < -0.3 is 0 Å². The summed E-state index contributed by atoms with van der Waals surface area (Å²) in [7, 11) is 0. The van der Waals surface area contributed by atoms with Crippen molar-refractivity contribution in [1.82, 2.24) is 0 Å². The quantitative estimate of drug-likeness (QED) is 0.360. The Morgan fingerprint density at radius 3 is 1.67 bits per heavy atom. The van der Waals surface area contributed by atoms with E-state index in [-0.39, 0.29) is 0 Å². The van der Waals surface area contributed by atoms with Crippen LogP contribution in [0.5, 0.6) is 0 Å². The van der Waals surface area contributed by atoms with Gasteiger partial charge in [-0.15, -0.1) is 0 Å². The molecule has 0 aromatic rings. The molecule has 0 heterocycles. The maximum absolute atomic E-state index is 9.41. The summed E-state index contributed by atoms with van der Waals surface area (Å²) in [5.74, 6) is 0. The first kappa shape index (κ1) is 5.65. The molecule has 0 rings (SSSR count). The van der Waals surface area contributed by atoms with Gasteiger partial charge in [-0.05, 0) is 0 Å². The van der Waals surface area contributed by atoms with Gasteiger partial charge in [-0.25, -0.2) is 0 Å². The predicted molar refractivity (Wildman–Crippen MR) is 26.7 cm³/mol. The van der Waals surface area contributed by atoms with Crippen molar-refractivity contribution in [3.8, 4) is 0 Å². The molecule has 0 aromatic heterocycles. The highest BCUT2D eigenvalue weighted by atomic mass is 32.2. The second-order valence-electron chi connectivity index (χ2n) is 0.658. The van der Waals surface area contributed by atoms with Crippen molar-refractivity contribution < 1.29 is 9.59 Å². The Kier molecular flexibility index (Phi) is 2.70. The van der Waals surface area contributed by atoms with Crippen molar-refractivity contribution in [2.75, 3.05) is 0 Å². The Hall–Kier alpha value is -0.350. The van der Waals surface area contributed by atoms with Crippen molar-refractivity contribution in [2.24, 2.45) is 5.14 Å². The zero-order valence-corrected chi connectivity index (χ0v) is 3.89. The molecule has 6 heavy (non-hydrogen) atoms. The van der Waals surface area contributed by atoms with Crippen LogP contribution in [0.15, 0.2) is 0 Å². The summed E-state index contributed by atoms with van der Waals surface area (Å²) < 4.78 is 0. The van der Waals surface area contributed by atoms with Gasteiger partial charge in [-0.1, -0.05) is 11.1 Å². The molecule has 0 radical (unpaired) electrons. The maximum Gasteiger partial charge on any atom is 0.174 e. The molecule has 0 bridgehead atoms. The van der Waals surface area contributed by atoms with Gasteiger partial charge in [-0.3, -0.25) is 14.7 Å². The molecule has 0 amide bonds. The first-order valence-corrected chi connectivity index (χ1v) is 2.80. The van der Waals surface area contributed by atoms with Crippen LogP contribution in [0.3, 0.4) is 0 Å². The predicted octanol–water partition coefficient (Wildman–Crippen LogP) is -0.758. The van der Waals surface area contributed by atoms with Crippen LogP contribution in [0.1, 0.15) is 0 Å². The third-order valence-corrected chi connectivity index (χ3v) is 0.730. The number of rotatable bonds is 2. The minimum Gasteiger partial charge on any atom is -0.291 e. The van der Waals surface area contributed by atoms with E-state index in [2.05, 4.69) is 0 Å². The van der Waals surface area contributed by atoms with Gasteiger partial charge in [0.1, 0.15) is 0 Å². The summed E-state index contributed by atoms with van der Waals surface area (Å²) in [6.45, 7) is 0. The second kappa shape index (κ2) is 2.87. The lowest BCUT2D eigenvalue weighted by molar-refractivity contribution is 0.566. The molecule has 0 aromatic carbocycles. The van der Waals surface area contributed by atoms with E-state index in [1.807, 2.05) is 0 Å². The first-order chi connectivity index (χ1) is 2.81. The lowest BCUT2D eigenvalue weighted by Gasteiger charge is -1.87. The Balaban J connectivity index is 3.21. The highest BCUT2D eigenvalue weighted by Crippen LogP contribution is 1.98. The standard InChI is InChI=1S/C2H5NO2S/c3-6(1-4)2-5/h1-2,6H,3H2. The van der Waals surface area contributed by atoms with Crippen LogP contribution in [-0.2, 0) is 9.59 Å². The molecule has 0 spiro atoms. The molecule has 0 saturated carbocycles. The third kappa shape index (κ3) is 1.92. The second-order valence-corrected chi connectivity index (χ2v) is 1.97. The van der Waals surface area contributed by atoms with Crippen LogP contribution < -0.4 is 5.14 Å². The molecule has 0 unspecified atom stereocenters. The molecule has 0 aliphatic rings. The summed E-state index contributed by atoms with van der Waals surface area (Å²) >= 11 is -1.44. The zero-order valence-electron chi connectivity index (χ0n) is 3.00. The Morgan fingerprint density at radius 2 is 1.67 bits per heavy atom. The zero-order chi connectivity index (χ0) is 4.99. The summed E-state index contributed by atoms with van der Waals surface area (Å²) in [6, 6.07) is 0. The van der Waals surface area contributed by atoms with E-state index in [4.69, 9.17) is 5.14 Å². The lowest BCUT2D eigenvalue weighted by Crippen LogP contribution is -1.92. The molecule has 0 fully saturated rings. The van der Waals surface area contributed by atoms with Crippen LogP contribution in [0.25, 0.3) is 0 Å². The fourth-order valence-electron chi connectivity index (χ4n) is 0.0248. The monoisotopic (exact) mass is 107 g/mol. The van der Waals surface area contributed by atoms with Gasteiger partial charge in [-0.2, -0.15) is 0 Å². The van der Waals surface area contributed by atoms with Gasteiger partial charge in [0, 0.05) is 0 Å². The summed E-state index contributed by atoms with van der Waals surface area (Å²) in [6.07, 6.45) is 0. The fourth-order valence-corrected chi connectivity index (χ4v) is 0.0745. The Labute approximate surface area is 38.0 Å². The SMILES string of the molecule is N[SH](C=O)C=O. The van der Waals surface area contributed by atoms with E-state index >= 15 is 0 Å². The van der Waals surface area contributed by atoms with E-state index in [0.717, 1.165) is 0 Å². The fraction of sp³-hybridized carbons (Fsp3) is 0. The number of carbonyl (C=O) groups is 2. The minimum atomic E-state index is -1.44. The van der Waals surface area contributed by atoms with E-state index in [1.54, 1.807) is 0 Å². The molecule has 2 N–H and O–H groups in total. The Bertz CT molecular complexity index is 56.6. The Morgan fingerprint density at radius 1 is 1.33 bits per heavy atom. The van der Waals surface area contributed by atoms with E-state index in [0.29, 0.717) is 11.2 Å². The average Bonchev–Trinajstić information content (AvgIpc) is 1.65. The molecular weight excluding hydrogens is 102 g/mol. The largest absolute Gasteiger partial charge is 0.291 e. The lowest BCUT2D eigenvalue weighted by atomic mass is 11.8. The molecule has 4 heteroatoms. The minimum absolute atomic E-state index is 0.447. The van der Waals surface area contributed by atoms with Crippen molar-refractivity contribution >= 4 is 22.3 Å². The third-order valence-electron chi connectivity index (χ3n) is 0.243. The van der Waals surface area contributed by atoms with Gasteiger partial charge in [0.2, 0.25) is 0 Å². The average molecular weight is 107 g/mol. The van der Waals surface area contributed by atoms with Gasteiger partial charge in [0.05, 0.1) is 0 Å². The first-order valence-electron chi connectivity index (χ1n) is 1.25.